The van der Waals surface area contributed by atoms with Crippen molar-refractivity contribution >= 4 is 5.69 Å². The van der Waals surface area contributed by atoms with E-state index in [0.717, 1.165) is 19.1 Å². The lowest BCUT2D eigenvalue weighted by Gasteiger charge is -2.34. The average Bonchev–Trinajstić information content (AvgIpc) is 2.48. The standard InChI is InChI=1S/C18H30N2/c1-4-12-19-14-16-13-15(2)10-11-18(16)20(3)17-8-6-5-7-9-17/h10-11,13,17,19H,4-9,12,14H2,1-3H3. The van der Waals surface area contributed by atoms with Crippen LogP contribution in [0.4, 0.5) is 5.69 Å². The fourth-order valence-corrected chi connectivity index (χ4v) is 3.26. The number of anilines is 1. The molecule has 1 N–H and O–H groups in total. The van der Waals surface area contributed by atoms with Crippen LogP contribution in [0.3, 0.4) is 0 Å². The molecule has 20 heavy (non-hydrogen) atoms. The molecule has 0 aromatic heterocycles. The highest BCUT2D eigenvalue weighted by Gasteiger charge is 2.20. The van der Waals surface area contributed by atoms with Crippen LogP contribution in [0.25, 0.3) is 0 Å². The van der Waals surface area contributed by atoms with Crippen LogP contribution in [0.15, 0.2) is 18.2 Å². The molecule has 1 aromatic carbocycles. The van der Waals surface area contributed by atoms with Gasteiger partial charge in [-0.25, -0.2) is 0 Å². The molecule has 0 amide bonds. The molecule has 0 spiro atoms. The third kappa shape index (κ3) is 3.99. The van der Waals surface area contributed by atoms with Gasteiger partial charge in [-0.15, -0.1) is 0 Å². The van der Waals surface area contributed by atoms with Crippen molar-refractivity contribution in [2.75, 3.05) is 18.5 Å². The first-order valence-corrected chi connectivity index (χ1v) is 8.25. The van der Waals surface area contributed by atoms with E-state index in [9.17, 15) is 0 Å². The third-order valence-electron chi connectivity index (χ3n) is 4.48. The molecule has 2 heteroatoms. The molecule has 0 saturated heterocycles. The van der Waals surface area contributed by atoms with E-state index in [4.69, 9.17) is 0 Å². The van der Waals surface area contributed by atoms with E-state index in [1.54, 1.807) is 0 Å². The predicted molar refractivity (Wildman–Crippen MR) is 88.5 cm³/mol. The Bertz CT molecular complexity index is 408. The van der Waals surface area contributed by atoms with Crippen molar-refractivity contribution in [3.8, 4) is 0 Å². The van der Waals surface area contributed by atoms with Crippen molar-refractivity contribution in [3.63, 3.8) is 0 Å². The molecule has 1 fully saturated rings. The Morgan fingerprint density at radius 1 is 1.20 bits per heavy atom. The first-order chi connectivity index (χ1) is 9.72. The summed E-state index contributed by atoms with van der Waals surface area (Å²) in [5.41, 5.74) is 4.23. The van der Waals surface area contributed by atoms with Gasteiger partial charge < -0.3 is 10.2 Å². The molecular formula is C18H30N2. The summed E-state index contributed by atoms with van der Waals surface area (Å²) in [4.78, 5) is 2.53. The molecule has 0 aliphatic heterocycles. The van der Waals surface area contributed by atoms with Crippen molar-refractivity contribution in [2.45, 2.75) is 65.0 Å². The summed E-state index contributed by atoms with van der Waals surface area (Å²) in [6.45, 7) is 6.49. The van der Waals surface area contributed by atoms with Crippen LogP contribution >= 0.6 is 0 Å². The highest BCUT2D eigenvalue weighted by Crippen LogP contribution is 2.29. The Morgan fingerprint density at radius 3 is 2.65 bits per heavy atom. The van der Waals surface area contributed by atoms with E-state index in [2.05, 4.69) is 49.3 Å². The van der Waals surface area contributed by atoms with Gasteiger partial charge in [-0.1, -0.05) is 43.9 Å². The van der Waals surface area contributed by atoms with Gasteiger partial charge in [0.1, 0.15) is 0 Å². The number of nitrogens with one attached hydrogen (secondary N) is 1. The second-order valence-corrected chi connectivity index (χ2v) is 6.21. The van der Waals surface area contributed by atoms with Gasteiger partial charge in [-0.05, 0) is 44.4 Å². The Kier molecular flexibility index (Phi) is 5.90. The molecule has 0 bridgehead atoms. The topological polar surface area (TPSA) is 15.3 Å². The molecule has 1 aliphatic carbocycles. The number of rotatable bonds is 6. The van der Waals surface area contributed by atoms with Crippen LogP contribution in [0.1, 0.15) is 56.6 Å². The summed E-state index contributed by atoms with van der Waals surface area (Å²) >= 11 is 0. The molecule has 0 heterocycles. The van der Waals surface area contributed by atoms with Crippen LogP contribution in [0.2, 0.25) is 0 Å². The van der Waals surface area contributed by atoms with Crippen molar-refractivity contribution in [3.05, 3.63) is 29.3 Å². The van der Waals surface area contributed by atoms with Crippen molar-refractivity contribution in [1.29, 1.82) is 0 Å². The highest BCUT2D eigenvalue weighted by molar-refractivity contribution is 5.55. The summed E-state index contributed by atoms with van der Waals surface area (Å²) < 4.78 is 0. The molecular weight excluding hydrogens is 244 g/mol. The number of nitrogens with zero attached hydrogens (tertiary/aromatic N) is 1. The minimum absolute atomic E-state index is 0.733. The van der Waals surface area contributed by atoms with Gasteiger partial charge in [0.05, 0.1) is 0 Å². The summed E-state index contributed by atoms with van der Waals surface area (Å²) in [7, 11) is 2.28. The fraction of sp³-hybridized carbons (Fsp3) is 0.667. The Morgan fingerprint density at radius 2 is 1.95 bits per heavy atom. The minimum atomic E-state index is 0.733. The highest BCUT2D eigenvalue weighted by atomic mass is 15.1. The Labute approximate surface area is 124 Å². The lowest BCUT2D eigenvalue weighted by molar-refractivity contribution is 0.427. The largest absolute Gasteiger partial charge is 0.371 e. The van der Waals surface area contributed by atoms with E-state index >= 15 is 0 Å². The number of hydrogen-bond donors (Lipinski definition) is 1. The fourth-order valence-electron chi connectivity index (χ4n) is 3.26. The monoisotopic (exact) mass is 274 g/mol. The zero-order chi connectivity index (χ0) is 14.4. The number of hydrogen-bond acceptors (Lipinski definition) is 2. The van der Waals surface area contributed by atoms with Gasteiger partial charge in [-0.2, -0.15) is 0 Å². The minimum Gasteiger partial charge on any atom is -0.371 e. The van der Waals surface area contributed by atoms with E-state index in [1.165, 1.54) is 55.3 Å². The Balaban J connectivity index is 2.11. The summed E-state index contributed by atoms with van der Waals surface area (Å²) in [5.74, 6) is 0. The van der Waals surface area contributed by atoms with Gasteiger partial charge >= 0.3 is 0 Å². The van der Waals surface area contributed by atoms with Crippen LogP contribution in [-0.4, -0.2) is 19.6 Å². The van der Waals surface area contributed by atoms with Gasteiger partial charge in [0, 0.05) is 25.3 Å². The van der Waals surface area contributed by atoms with Crippen LogP contribution in [-0.2, 0) is 6.54 Å². The van der Waals surface area contributed by atoms with Crippen LogP contribution in [0.5, 0.6) is 0 Å². The third-order valence-corrected chi connectivity index (χ3v) is 4.48. The molecule has 0 atom stereocenters. The molecule has 1 aliphatic rings. The maximum atomic E-state index is 3.55. The van der Waals surface area contributed by atoms with E-state index < -0.39 is 0 Å². The van der Waals surface area contributed by atoms with E-state index in [1.807, 2.05) is 0 Å². The Hall–Kier alpha value is -1.02. The zero-order valence-electron chi connectivity index (χ0n) is 13.4. The molecule has 2 nitrogen and oxygen atoms in total. The van der Waals surface area contributed by atoms with E-state index in [0.29, 0.717) is 0 Å². The SMILES string of the molecule is CCCNCc1cc(C)ccc1N(C)C1CCCCC1. The lowest BCUT2D eigenvalue weighted by atomic mass is 9.93. The number of benzene rings is 1. The smallest absolute Gasteiger partial charge is 0.0411 e. The van der Waals surface area contributed by atoms with Gasteiger partial charge in [0.25, 0.3) is 0 Å². The quantitative estimate of drug-likeness (QED) is 0.780. The molecule has 2 rings (SSSR count). The van der Waals surface area contributed by atoms with Crippen molar-refractivity contribution in [2.24, 2.45) is 0 Å². The van der Waals surface area contributed by atoms with Gasteiger partial charge in [0.15, 0.2) is 0 Å². The average molecular weight is 274 g/mol. The molecule has 112 valence electrons. The number of aryl methyl sites for hydroxylation is 1. The maximum absolute atomic E-state index is 3.55. The molecule has 1 saturated carbocycles. The van der Waals surface area contributed by atoms with Gasteiger partial charge in [-0.3, -0.25) is 0 Å². The summed E-state index contributed by atoms with van der Waals surface area (Å²) in [6, 6.07) is 7.64. The first-order valence-electron chi connectivity index (χ1n) is 8.25. The summed E-state index contributed by atoms with van der Waals surface area (Å²) in [6.07, 6.45) is 8.11. The zero-order valence-corrected chi connectivity index (χ0v) is 13.4. The second kappa shape index (κ2) is 7.68. The summed E-state index contributed by atoms with van der Waals surface area (Å²) in [5, 5.41) is 3.55. The van der Waals surface area contributed by atoms with Crippen molar-refractivity contribution in [1.82, 2.24) is 5.32 Å². The van der Waals surface area contributed by atoms with Crippen molar-refractivity contribution < 1.29 is 0 Å². The molecule has 0 radical (unpaired) electrons. The van der Waals surface area contributed by atoms with Crippen LogP contribution in [0, 0.1) is 6.92 Å². The second-order valence-electron chi connectivity index (χ2n) is 6.21. The molecule has 1 aromatic rings. The van der Waals surface area contributed by atoms with Crippen LogP contribution < -0.4 is 10.2 Å². The van der Waals surface area contributed by atoms with E-state index in [-0.39, 0.29) is 0 Å². The molecule has 0 unspecified atom stereocenters. The predicted octanol–water partition coefficient (Wildman–Crippen LogP) is 4.26. The first kappa shape index (κ1) is 15.4. The maximum Gasteiger partial charge on any atom is 0.0411 e. The van der Waals surface area contributed by atoms with Gasteiger partial charge in [0.2, 0.25) is 0 Å². The lowest BCUT2D eigenvalue weighted by Crippen LogP contribution is -2.34. The normalized spacial score (nSPS) is 16.4.